The molecule has 2 unspecified atom stereocenters. The van der Waals surface area contributed by atoms with E-state index in [0.717, 1.165) is 12.8 Å². The van der Waals surface area contributed by atoms with Gasteiger partial charge in [-0.2, -0.15) is 0 Å². The molecule has 2 heterocycles. The van der Waals surface area contributed by atoms with Gasteiger partial charge in [0.2, 0.25) is 5.88 Å². The highest BCUT2D eigenvalue weighted by molar-refractivity contribution is 5.72. The average Bonchev–Trinajstić information content (AvgIpc) is 2.92. The molecular weight excluding hydrogens is 262 g/mol. The van der Waals surface area contributed by atoms with Crippen LogP contribution >= 0.6 is 0 Å². The van der Waals surface area contributed by atoms with Gasteiger partial charge < -0.3 is 19.9 Å². The molecule has 1 aliphatic rings. The number of carboxylic acid groups (broad SMARTS) is 1. The summed E-state index contributed by atoms with van der Waals surface area (Å²) in [5.41, 5.74) is 0. The summed E-state index contributed by atoms with van der Waals surface area (Å²) >= 11 is 0. The van der Waals surface area contributed by atoms with E-state index in [1.165, 1.54) is 6.33 Å². The van der Waals surface area contributed by atoms with Crippen LogP contribution in [0, 0.1) is 0 Å². The van der Waals surface area contributed by atoms with Crippen molar-refractivity contribution < 1.29 is 19.4 Å². The smallest absolute Gasteiger partial charge is 0.332 e. The summed E-state index contributed by atoms with van der Waals surface area (Å²) in [6, 6.07) is 1.72. The maximum atomic E-state index is 10.8. The van der Waals surface area contributed by atoms with E-state index in [-0.39, 0.29) is 6.10 Å². The van der Waals surface area contributed by atoms with Crippen molar-refractivity contribution in [1.29, 1.82) is 0 Å². The molecule has 110 valence electrons. The fraction of sp³-hybridized carbons (Fsp3) is 0.615. The van der Waals surface area contributed by atoms with E-state index in [0.29, 0.717) is 31.3 Å². The van der Waals surface area contributed by atoms with Crippen LogP contribution in [0.2, 0.25) is 0 Å². The molecule has 7 nitrogen and oxygen atoms in total. The molecule has 0 bridgehead atoms. The lowest BCUT2D eigenvalue weighted by Crippen LogP contribution is -2.24. The Morgan fingerprint density at radius 2 is 2.40 bits per heavy atom. The van der Waals surface area contributed by atoms with Crippen LogP contribution in [0.25, 0.3) is 0 Å². The van der Waals surface area contributed by atoms with Crippen molar-refractivity contribution in [3.63, 3.8) is 0 Å². The number of nitrogens with one attached hydrogen (secondary N) is 1. The Bertz CT molecular complexity index is 455. The molecular formula is C13H19N3O4. The van der Waals surface area contributed by atoms with Gasteiger partial charge in [0.05, 0.1) is 12.7 Å². The van der Waals surface area contributed by atoms with Crippen molar-refractivity contribution >= 4 is 11.8 Å². The summed E-state index contributed by atoms with van der Waals surface area (Å²) in [5.74, 6) is 0.276. The van der Waals surface area contributed by atoms with E-state index in [2.05, 4.69) is 15.3 Å². The Balaban J connectivity index is 1.80. The SMILES string of the molecule is CCCOc1cc(NCC2CCC(C(=O)O)O2)ncn1. The molecule has 0 saturated carbocycles. The lowest BCUT2D eigenvalue weighted by Gasteiger charge is -2.13. The molecule has 0 spiro atoms. The highest BCUT2D eigenvalue weighted by Crippen LogP contribution is 2.20. The number of anilines is 1. The van der Waals surface area contributed by atoms with Gasteiger partial charge in [-0.3, -0.25) is 0 Å². The lowest BCUT2D eigenvalue weighted by atomic mass is 10.2. The van der Waals surface area contributed by atoms with Crippen LogP contribution in [-0.2, 0) is 9.53 Å². The zero-order chi connectivity index (χ0) is 14.4. The fourth-order valence-corrected chi connectivity index (χ4v) is 1.98. The minimum absolute atomic E-state index is 0.105. The van der Waals surface area contributed by atoms with Crippen molar-refractivity contribution in [2.75, 3.05) is 18.5 Å². The molecule has 2 rings (SSSR count). The van der Waals surface area contributed by atoms with Gasteiger partial charge in [0, 0.05) is 12.6 Å². The first kappa shape index (κ1) is 14.5. The topological polar surface area (TPSA) is 93.6 Å². The Kier molecular flexibility index (Phi) is 5.11. The predicted molar refractivity (Wildman–Crippen MR) is 71.8 cm³/mol. The molecule has 1 saturated heterocycles. The normalized spacial score (nSPS) is 21.6. The molecule has 7 heteroatoms. The Labute approximate surface area is 117 Å². The summed E-state index contributed by atoms with van der Waals surface area (Å²) < 4.78 is 10.8. The van der Waals surface area contributed by atoms with Crippen LogP contribution in [0.1, 0.15) is 26.2 Å². The predicted octanol–water partition coefficient (Wildman–Crippen LogP) is 1.31. The summed E-state index contributed by atoms with van der Waals surface area (Å²) in [6.45, 7) is 3.16. The molecule has 1 aliphatic heterocycles. The second-order valence-corrected chi connectivity index (χ2v) is 4.63. The number of aromatic nitrogens is 2. The average molecular weight is 281 g/mol. The van der Waals surface area contributed by atoms with Gasteiger partial charge in [-0.1, -0.05) is 6.92 Å². The fourth-order valence-electron chi connectivity index (χ4n) is 1.98. The van der Waals surface area contributed by atoms with E-state index in [9.17, 15) is 4.79 Å². The van der Waals surface area contributed by atoms with Crippen LogP contribution in [0.5, 0.6) is 5.88 Å². The summed E-state index contributed by atoms with van der Waals surface area (Å²) in [5, 5.41) is 12.0. The van der Waals surface area contributed by atoms with Crippen LogP contribution in [-0.4, -0.2) is 46.4 Å². The van der Waals surface area contributed by atoms with E-state index in [1.54, 1.807) is 6.07 Å². The van der Waals surface area contributed by atoms with Crippen LogP contribution in [0.15, 0.2) is 12.4 Å². The second kappa shape index (κ2) is 7.04. The van der Waals surface area contributed by atoms with E-state index >= 15 is 0 Å². The van der Waals surface area contributed by atoms with Crippen LogP contribution in [0.3, 0.4) is 0 Å². The first-order chi connectivity index (χ1) is 9.69. The van der Waals surface area contributed by atoms with Gasteiger partial charge >= 0.3 is 5.97 Å². The third-order valence-electron chi connectivity index (χ3n) is 2.99. The zero-order valence-electron chi connectivity index (χ0n) is 11.4. The number of hydrogen-bond donors (Lipinski definition) is 2. The van der Waals surface area contributed by atoms with E-state index in [4.69, 9.17) is 14.6 Å². The van der Waals surface area contributed by atoms with Crippen LogP contribution in [0.4, 0.5) is 5.82 Å². The Hall–Kier alpha value is -1.89. The molecule has 1 fully saturated rings. The molecule has 1 aromatic rings. The van der Waals surface area contributed by atoms with Gasteiger partial charge in [-0.05, 0) is 19.3 Å². The van der Waals surface area contributed by atoms with E-state index in [1.807, 2.05) is 6.92 Å². The first-order valence-corrected chi connectivity index (χ1v) is 6.76. The van der Waals surface area contributed by atoms with Gasteiger partial charge in [-0.25, -0.2) is 14.8 Å². The molecule has 0 radical (unpaired) electrons. The third kappa shape index (κ3) is 4.06. The van der Waals surface area contributed by atoms with Gasteiger partial charge in [0.15, 0.2) is 6.10 Å². The number of nitrogens with zero attached hydrogens (tertiary/aromatic N) is 2. The highest BCUT2D eigenvalue weighted by atomic mass is 16.5. The Morgan fingerprint density at radius 3 is 3.10 bits per heavy atom. The Morgan fingerprint density at radius 1 is 1.55 bits per heavy atom. The van der Waals surface area contributed by atoms with E-state index < -0.39 is 12.1 Å². The maximum absolute atomic E-state index is 10.8. The van der Waals surface area contributed by atoms with Crippen molar-refractivity contribution in [3.8, 4) is 5.88 Å². The number of carbonyl (C=O) groups is 1. The number of aliphatic carboxylic acids is 1. The number of rotatable bonds is 7. The quantitative estimate of drug-likeness (QED) is 0.778. The summed E-state index contributed by atoms with van der Waals surface area (Å²) in [7, 11) is 0. The first-order valence-electron chi connectivity index (χ1n) is 6.76. The molecule has 0 amide bonds. The molecule has 20 heavy (non-hydrogen) atoms. The molecule has 0 aliphatic carbocycles. The summed E-state index contributed by atoms with van der Waals surface area (Å²) in [6.07, 6.45) is 2.84. The standard InChI is InChI=1S/C13H19N3O4/c1-2-5-19-12-6-11(15-8-16-12)14-7-9-3-4-10(20-9)13(17)18/h6,8-10H,2-5,7H2,1H3,(H,17,18)(H,14,15,16). The minimum Gasteiger partial charge on any atom is -0.479 e. The zero-order valence-corrected chi connectivity index (χ0v) is 11.4. The number of hydrogen-bond acceptors (Lipinski definition) is 6. The van der Waals surface area contributed by atoms with Crippen molar-refractivity contribution in [2.45, 2.75) is 38.4 Å². The van der Waals surface area contributed by atoms with Crippen molar-refractivity contribution in [3.05, 3.63) is 12.4 Å². The molecule has 0 aromatic carbocycles. The number of carboxylic acids is 1. The monoisotopic (exact) mass is 281 g/mol. The molecule has 1 aromatic heterocycles. The van der Waals surface area contributed by atoms with Gasteiger partial charge in [-0.15, -0.1) is 0 Å². The molecule has 2 N–H and O–H groups in total. The lowest BCUT2D eigenvalue weighted by molar-refractivity contribution is -0.149. The second-order valence-electron chi connectivity index (χ2n) is 4.63. The third-order valence-corrected chi connectivity index (χ3v) is 2.99. The molecule has 2 atom stereocenters. The largest absolute Gasteiger partial charge is 0.479 e. The number of ether oxygens (including phenoxy) is 2. The maximum Gasteiger partial charge on any atom is 0.332 e. The van der Waals surface area contributed by atoms with Gasteiger partial charge in [0.25, 0.3) is 0 Å². The highest BCUT2D eigenvalue weighted by Gasteiger charge is 2.30. The summed E-state index contributed by atoms with van der Waals surface area (Å²) in [4.78, 5) is 18.9. The van der Waals surface area contributed by atoms with Crippen molar-refractivity contribution in [1.82, 2.24) is 9.97 Å². The minimum atomic E-state index is -0.898. The van der Waals surface area contributed by atoms with Crippen LogP contribution < -0.4 is 10.1 Å². The van der Waals surface area contributed by atoms with Crippen molar-refractivity contribution in [2.24, 2.45) is 0 Å². The van der Waals surface area contributed by atoms with Gasteiger partial charge in [0.1, 0.15) is 12.1 Å².